The lowest BCUT2D eigenvalue weighted by Gasteiger charge is -2.30. The minimum Gasteiger partial charge on any atom is -0.395 e. The molecule has 2 N–H and O–H groups in total. The van der Waals surface area contributed by atoms with Crippen molar-refractivity contribution in [2.45, 2.75) is 39.0 Å². The van der Waals surface area contributed by atoms with E-state index in [0.717, 1.165) is 22.3 Å². The van der Waals surface area contributed by atoms with Gasteiger partial charge in [-0.1, -0.05) is 0 Å². The predicted molar refractivity (Wildman–Crippen MR) is 98.2 cm³/mol. The van der Waals surface area contributed by atoms with Crippen molar-refractivity contribution < 1.29 is 14.9 Å². The molecule has 0 spiro atoms. The van der Waals surface area contributed by atoms with Gasteiger partial charge >= 0.3 is 0 Å². The zero-order valence-corrected chi connectivity index (χ0v) is 15.8. The number of nitrogens with zero attached hydrogens (tertiary/aromatic N) is 5. The van der Waals surface area contributed by atoms with E-state index in [1.807, 2.05) is 4.90 Å². The number of hydrogen-bond donors (Lipinski definition) is 2. The molecule has 8 nitrogen and oxygen atoms in total. The first kappa shape index (κ1) is 17.7. The van der Waals surface area contributed by atoms with Gasteiger partial charge in [0.2, 0.25) is 0 Å². The highest BCUT2D eigenvalue weighted by Crippen LogP contribution is 2.39. The first-order valence-electron chi connectivity index (χ1n) is 8.73. The second-order valence-electron chi connectivity index (χ2n) is 7.17. The fourth-order valence-corrected chi connectivity index (χ4v) is 4.47. The maximum Gasteiger partial charge on any atom is 0.168 e. The molecule has 0 bridgehead atoms. The molecule has 4 heterocycles. The molecule has 0 amide bonds. The Balaban J connectivity index is 1.76. The molecular weight excluding hydrogens is 354 g/mol. The maximum atomic E-state index is 9.19. The van der Waals surface area contributed by atoms with Gasteiger partial charge in [-0.05, 0) is 19.4 Å². The van der Waals surface area contributed by atoms with Gasteiger partial charge < -0.3 is 14.9 Å². The Bertz CT molecular complexity index is 929. The lowest BCUT2D eigenvalue weighted by atomic mass is 9.94. The summed E-state index contributed by atoms with van der Waals surface area (Å²) in [6.45, 7) is 6.31. The molecule has 0 fully saturated rings. The van der Waals surface area contributed by atoms with Crippen LogP contribution in [0.15, 0.2) is 6.33 Å². The highest BCUT2D eigenvalue weighted by Gasteiger charge is 2.30. The molecule has 0 saturated carbocycles. The summed E-state index contributed by atoms with van der Waals surface area (Å²) in [7, 11) is 0. The van der Waals surface area contributed by atoms with E-state index in [-0.39, 0.29) is 18.8 Å². The van der Waals surface area contributed by atoms with Gasteiger partial charge in [-0.25, -0.2) is 14.5 Å². The highest BCUT2D eigenvalue weighted by molar-refractivity contribution is 7.19. The topological polar surface area (TPSA) is 96.0 Å². The maximum absolute atomic E-state index is 9.19. The molecule has 3 aromatic heterocycles. The van der Waals surface area contributed by atoms with Gasteiger partial charge in [0, 0.05) is 24.4 Å². The van der Waals surface area contributed by atoms with Gasteiger partial charge in [0.1, 0.15) is 11.2 Å². The van der Waals surface area contributed by atoms with Crippen molar-refractivity contribution in [2.75, 3.05) is 26.3 Å². The first-order chi connectivity index (χ1) is 12.5. The van der Waals surface area contributed by atoms with Gasteiger partial charge in [0.25, 0.3) is 0 Å². The Morgan fingerprint density at radius 3 is 2.81 bits per heavy atom. The number of aliphatic hydroxyl groups excluding tert-OH is 2. The molecule has 1 aliphatic heterocycles. The molecule has 0 atom stereocenters. The fourth-order valence-electron chi connectivity index (χ4n) is 3.41. The van der Waals surface area contributed by atoms with Gasteiger partial charge in [0.15, 0.2) is 11.5 Å². The van der Waals surface area contributed by atoms with E-state index in [1.54, 1.807) is 22.2 Å². The van der Waals surface area contributed by atoms with Crippen molar-refractivity contribution in [1.82, 2.24) is 24.5 Å². The second-order valence-corrected chi connectivity index (χ2v) is 8.26. The number of aromatic nitrogens is 4. The molecule has 0 unspecified atom stereocenters. The molecule has 0 radical (unpaired) electrons. The van der Waals surface area contributed by atoms with Crippen molar-refractivity contribution >= 4 is 27.2 Å². The molecule has 140 valence electrons. The number of thiophene rings is 1. The van der Waals surface area contributed by atoms with Crippen LogP contribution in [0.5, 0.6) is 0 Å². The average Bonchev–Trinajstić information content (AvgIpc) is 3.14. The molecule has 3 aromatic rings. The summed E-state index contributed by atoms with van der Waals surface area (Å²) in [6, 6.07) is 0. The normalized spacial score (nSPS) is 16.7. The van der Waals surface area contributed by atoms with Crippen LogP contribution in [-0.4, -0.2) is 66.6 Å². The standard InChI is InChI=1S/C17H23N5O3S/c1-17(2)7-11-12(9-25-17)26-16-14(11)15-19-13(20-22(15)10-18-16)8-21(3-5-23)4-6-24/h10,23-24H,3-9H2,1-2H3. The third-order valence-electron chi connectivity index (χ3n) is 4.65. The van der Waals surface area contributed by atoms with Crippen LogP contribution in [0, 0.1) is 0 Å². The lowest BCUT2D eigenvalue weighted by molar-refractivity contribution is -0.0379. The minimum atomic E-state index is -0.199. The van der Waals surface area contributed by atoms with Crippen molar-refractivity contribution in [1.29, 1.82) is 0 Å². The quantitative estimate of drug-likeness (QED) is 0.661. The van der Waals surface area contributed by atoms with Gasteiger partial charge in [-0.15, -0.1) is 16.4 Å². The van der Waals surface area contributed by atoms with E-state index in [9.17, 15) is 10.2 Å². The summed E-state index contributed by atoms with van der Waals surface area (Å²) >= 11 is 1.66. The Morgan fingerprint density at radius 1 is 1.31 bits per heavy atom. The van der Waals surface area contributed by atoms with Gasteiger partial charge in [-0.2, -0.15) is 0 Å². The number of fused-ring (bicyclic) bond motifs is 5. The molecule has 4 rings (SSSR count). The van der Waals surface area contributed by atoms with E-state index in [0.29, 0.717) is 32.1 Å². The van der Waals surface area contributed by atoms with E-state index in [2.05, 4.69) is 23.9 Å². The third-order valence-corrected chi connectivity index (χ3v) is 5.76. The largest absolute Gasteiger partial charge is 0.395 e. The Morgan fingerprint density at radius 2 is 2.08 bits per heavy atom. The van der Waals surface area contributed by atoms with Crippen LogP contribution in [-0.2, 0) is 24.3 Å². The summed E-state index contributed by atoms with van der Waals surface area (Å²) in [5, 5.41) is 24.0. The van der Waals surface area contributed by atoms with Crippen molar-refractivity contribution in [2.24, 2.45) is 0 Å². The summed E-state index contributed by atoms with van der Waals surface area (Å²) in [5.41, 5.74) is 1.88. The van der Waals surface area contributed by atoms with Gasteiger partial charge in [0.05, 0.1) is 37.4 Å². The fraction of sp³-hybridized carbons (Fsp3) is 0.588. The summed E-state index contributed by atoms with van der Waals surface area (Å²) in [4.78, 5) is 13.4. The van der Waals surface area contributed by atoms with Crippen LogP contribution in [0.1, 0.15) is 30.1 Å². The van der Waals surface area contributed by atoms with Crippen LogP contribution in [0.4, 0.5) is 0 Å². The van der Waals surface area contributed by atoms with Crippen molar-refractivity contribution in [3.05, 3.63) is 22.6 Å². The summed E-state index contributed by atoms with van der Waals surface area (Å²) in [5.74, 6) is 0.660. The number of ether oxygens (including phenoxy) is 1. The van der Waals surface area contributed by atoms with Crippen LogP contribution in [0.3, 0.4) is 0 Å². The van der Waals surface area contributed by atoms with Crippen LogP contribution >= 0.6 is 11.3 Å². The Kier molecular flexibility index (Phi) is 4.66. The van der Waals surface area contributed by atoms with E-state index >= 15 is 0 Å². The average molecular weight is 377 g/mol. The Hall–Kier alpha value is -1.65. The zero-order valence-electron chi connectivity index (χ0n) is 15.0. The van der Waals surface area contributed by atoms with Crippen molar-refractivity contribution in [3.8, 4) is 0 Å². The van der Waals surface area contributed by atoms with E-state index < -0.39 is 0 Å². The predicted octanol–water partition coefficient (Wildman–Crippen LogP) is 0.977. The number of rotatable bonds is 6. The number of hydrogen-bond acceptors (Lipinski definition) is 8. The first-order valence-corrected chi connectivity index (χ1v) is 9.55. The second kappa shape index (κ2) is 6.82. The van der Waals surface area contributed by atoms with Crippen LogP contribution < -0.4 is 0 Å². The summed E-state index contributed by atoms with van der Waals surface area (Å²) in [6.07, 6.45) is 2.53. The third kappa shape index (κ3) is 3.21. The summed E-state index contributed by atoms with van der Waals surface area (Å²) < 4.78 is 7.66. The molecule has 0 aliphatic carbocycles. The van der Waals surface area contributed by atoms with E-state index in [4.69, 9.17) is 9.72 Å². The molecule has 1 aliphatic rings. The number of aliphatic hydroxyl groups is 2. The molecule has 9 heteroatoms. The molecule has 0 saturated heterocycles. The van der Waals surface area contributed by atoms with Gasteiger partial charge in [-0.3, -0.25) is 4.90 Å². The molecular formula is C17H23N5O3S. The van der Waals surface area contributed by atoms with Crippen LogP contribution in [0.25, 0.3) is 15.9 Å². The zero-order chi connectivity index (χ0) is 18.3. The smallest absolute Gasteiger partial charge is 0.168 e. The SMILES string of the molecule is CC1(C)Cc2c(sc3ncn4nc(CN(CCO)CCO)nc4c23)CO1. The molecule has 0 aromatic carbocycles. The van der Waals surface area contributed by atoms with Crippen molar-refractivity contribution in [3.63, 3.8) is 0 Å². The van der Waals surface area contributed by atoms with E-state index in [1.165, 1.54) is 10.4 Å². The lowest BCUT2D eigenvalue weighted by Crippen LogP contribution is -2.31. The minimum absolute atomic E-state index is 0.0340. The monoisotopic (exact) mass is 377 g/mol. The Labute approximate surface area is 155 Å². The van der Waals surface area contributed by atoms with Crippen LogP contribution in [0.2, 0.25) is 0 Å². The highest BCUT2D eigenvalue weighted by atomic mass is 32.1. The molecule has 26 heavy (non-hydrogen) atoms.